The Bertz CT molecular complexity index is 767. The van der Waals surface area contributed by atoms with Crippen LogP contribution in [0, 0.1) is 6.92 Å². The Labute approximate surface area is 156 Å². The quantitative estimate of drug-likeness (QED) is 0.698. The second-order valence-corrected chi connectivity index (χ2v) is 9.40. The monoisotopic (exact) mass is 431 g/mol. The number of benzene rings is 1. The van der Waals surface area contributed by atoms with E-state index in [4.69, 9.17) is 0 Å². The van der Waals surface area contributed by atoms with Crippen LogP contribution in [-0.4, -0.2) is 62.8 Å². The van der Waals surface area contributed by atoms with Gasteiger partial charge in [-0.15, -0.1) is 0 Å². The van der Waals surface area contributed by atoms with Gasteiger partial charge in [-0.05, 0) is 44.2 Å². The zero-order valence-corrected chi connectivity index (χ0v) is 16.6. The van der Waals surface area contributed by atoms with E-state index in [2.05, 4.69) is 26.6 Å². The third-order valence-electron chi connectivity index (χ3n) is 4.13. The molecule has 0 bridgehead atoms. The molecule has 0 saturated carbocycles. The van der Waals surface area contributed by atoms with Crippen LogP contribution in [0.4, 0.5) is 5.69 Å². The van der Waals surface area contributed by atoms with Gasteiger partial charge in [-0.3, -0.25) is 14.5 Å². The van der Waals surface area contributed by atoms with Gasteiger partial charge in [0.1, 0.15) is 0 Å². The summed E-state index contributed by atoms with van der Waals surface area (Å²) >= 11 is 3.36. The van der Waals surface area contributed by atoms with Gasteiger partial charge in [0.15, 0.2) is 9.84 Å². The average molecular weight is 432 g/mol. The largest absolute Gasteiger partial charge is 0.346 e. The van der Waals surface area contributed by atoms with Gasteiger partial charge in [0.05, 0.1) is 24.6 Å². The van der Waals surface area contributed by atoms with Gasteiger partial charge in [0, 0.05) is 16.2 Å². The van der Waals surface area contributed by atoms with Crippen LogP contribution < -0.4 is 10.6 Å². The molecule has 1 aromatic carbocycles. The third kappa shape index (κ3) is 6.09. The van der Waals surface area contributed by atoms with Crippen molar-refractivity contribution in [3.8, 4) is 0 Å². The number of carbonyl (C=O) groups is 2. The first-order chi connectivity index (χ1) is 11.7. The van der Waals surface area contributed by atoms with Crippen LogP contribution >= 0.6 is 15.9 Å². The summed E-state index contributed by atoms with van der Waals surface area (Å²) < 4.78 is 23.9. The first-order valence-electron chi connectivity index (χ1n) is 7.89. The highest BCUT2D eigenvalue weighted by Crippen LogP contribution is 2.19. The van der Waals surface area contributed by atoms with E-state index in [0.29, 0.717) is 12.1 Å². The first kappa shape index (κ1) is 19.9. The Morgan fingerprint density at radius 2 is 2.04 bits per heavy atom. The number of carbonyl (C=O) groups excluding carboxylic acids is 2. The highest BCUT2D eigenvalue weighted by Gasteiger charge is 2.31. The van der Waals surface area contributed by atoms with Gasteiger partial charge in [-0.1, -0.05) is 15.9 Å². The summed E-state index contributed by atoms with van der Waals surface area (Å²) in [6, 6.07) is 5.35. The third-order valence-corrected chi connectivity index (χ3v) is 6.38. The zero-order valence-electron chi connectivity index (χ0n) is 14.2. The summed E-state index contributed by atoms with van der Waals surface area (Å²) in [6.07, 6.45) is 0.537. The fraction of sp³-hybridized carbons (Fsp3) is 0.500. The molecule has 1 fully saturated rings. The Balaban J connectivity index is 1.76. The minimum absolute atomic E-state index is 0.0603. The molecule has 2 amide bonds. The molecule has 1 aliphatic rings. The lowest BCUT2D eigenvalue weighted by Gasteiger charge is -2.22. The Hall–Kier alpha value is -1.45. The molecule has 1 atom stereocenters. The second-order valence-electron chi connectivity index (χ2n) is 6.26. The molecule has 0 radical (unpaired) electrons. The zero-order chi connectivity index (χ0) is 18.6. The number of hydrogen-bond donors (Lipinski definition) is 2. The molecule has 1 heterocycles. The van der Waals surface area contributed by atoms with Gasteiger partial charge in [-0.25, -0.2) is 8.42 Å². The van der Waals surface area contributed by atoms with E-state index in [1.807, 2.05) is 19.1 Å². The van der Waals surface area contributed by atoms with Crippen LogP contribution in [0.15, 0.2) is 22.7 Å². The number of nitrogens with one attached hydrogen (secondary N) is 2. The summed E-state index contributed by atoms with van der Waals surface area (Å²) in [6.45, 7) is 1.81. The molecule has 1 saturated heterocycles. The molecule has 0 spiro atoms. The minimum atomic E-state index is -2.98. The van der Waals surface area contributed by atoms with Crippen LogP contribution in [0.2, 0.25) is 0 Å². The number of amides is 2. The van der Waals surface area contributed by atoms with E-state index in [0.717, 1.165) is 10.0 Å². The molecule has 1 aromatic rings. The van der Waals surface area contributed by atoms with E-state index in [9.17, 15) is 18.0 Å². The van der Waals surface area contributed by atoms with Crippen molar-refractivity contribution in [1.29, 1.82) is 0 Å². The Kier molecular flexibility index (Phi) is 6.59. The molecule has 1 aliphatic heterocycles. The molecule has 7 nitrogen and oxygen atoms in total. The van der Waals surface area contributed by atoms with E-state index >= 15 is 0 Å². The average Bonchev–Trinajstić information content (AvgIpc) is 2.88. The maximum Gasteiger partial charge on any atom is 0.243 e. The van der Waals surface area contributed by atoms with Crippen LogP contribution in [0.3, 0.4) is 0 Å². The first-order valence-corrected chi connectivity index (χ1v) is 10.5. The van der Waals surface area contributed by atoms with Crippen molar-refractivity contribution >= 4 is 43.3 Å². The highest BCUT2D eigenvalue weighted by atomic mass is 79.9. The maximum atomic E-state index is 12.0. The number of nitrogens with zero attached hydrogens (tertiary/aromatic N) is 1. The van der Waals surface area contributed by atoms with Crippen molar-refractivity contribution < 1.29 is 18.0 Å². The minimum Gasteiger partial charge on any atom is -0.346 e. The van der Waals surface area contributed by atoms with Gasteiger partial charge in [-0.2, -0.15) is 0 Å². The Morgan fingerprint density at radius 3 is 2.64 bits per heavy atom. The van der Waals surface area contributed by atoms with E-state index in [1.54, 1.807) is 18.0 Å². The summed E-state index contributed by atoms with van der Waals surface area (Å²) in [5.41, 5.74) is 1.60. The molecule has 2 rings (SSSR count). The van der Waals surface area contributed by atoms with Crippen molar-refractivity contribution in [3.05, 3.63) is 28.2 Å². The van der Waals surface area contributed by atoms with E-state index in [-0.39, 0.29) is 42.5 Å². The van der Waals surface area contributed by atoms with Crippen molar-refractivity contribution in [2.75, 3.05) is 37.0 Å². The van der Waals surface area contributed by atoms with Crippen molar-refractivity contribution in [2.24, 2.45) is 0 Å². The van der Waals surface area contributed by atoms with Crippen LogP contribution in [-0.2, 0) is 19.4 Å². The summed E-state index contributed by atoms with van der Waals surface area (Å²) in [5, 5.41) is 5.30. The Morgan fingerprint density at radius 1 is 1.32 bits per heavy atom. The number of aryl methyl sites for hydroxylation is 1. The molecule has 25 heavy (non-hydrogen) atoms. The molecule has 2 N–H and O–H groups in total. The number of sulfone groups is 1. The molecule has 0 unspecified atom stereocenters. The lowest BCUT2D eigenvalue weighted by atomic mass is 10.2. The van der Waals surface area contributed by atoms with Gasteiger partial charge in [0.2, 0.25) is 11.8 Å². The van der Waals surface area contributed by atoms with Gasteiger partial charge >= 0.3 is 0 Å². The van der Waals surface area contributed by atoms with Crippen LogP contribution in [0.25, 0.3) is 0 Å². The summed E-state index contributed by atoms with van der Waals surface area (Å²) in [4.78, 5) is 25.6. The fourth-order valence-electron chi connectivity index (χ4n) is 2.68. The lowest BCUT2D eigenvalue weighted by Crippen LogP contribution is -2.43. The van der Waals surface area contributed by atoms with E-state index in [1.165, 1.54) is 0 Å². The molecule has 0 aromatic heterocycles. The second kappa shape index (κ2) is 8.29. The van der Waals surface area contributed by atoms with E-state index < -0.39 is 9.84 Å². The number of rotatable bonds is 6. The van der Waals surface area contributed by atoms with Crippen LogP contribution in [0.1, 0.15) is 12.0 Å². The number of hydrogen-bond acceptors (Lipinski definition) is 5. The fourth-order valence-corrected chi connectivity index (χ4v) is 4.96. The summed E-state index contributed by atoms with van der Waals surface area (Å²) in [7, 11) is -1.27. The predicted molar refractivity (Wildman–Crippen MR) is 100 cm³/mol. The number of anilines is 1. The van der Waals surface area contributed by atoms with Crippen LogP contribution in [0.5, 0.6) is 0 Å². The van der Waals surface area contributed by atoms with Crippen molar-refractivity contribution in [2.45, 2.75) is 19.4 Å². The predicted octanol–water partition coefficient (Wildman–Crippen LogP) is 0.931. The number of halogens is 1. The highest BCUT2D eigenvalue weighted by molar-refractivity contribution is 9.10. The molecule has 138 valence electrons. The smallest absolute Gasteiger partial charge is 0.243 e. The molecule has 0 aliphatic carbocycles. The van der Waals surface area contributed by atoms with Crippen molar-refractivity contribution in [3.63, 3.8) is 0 Å². The number of likely N-dealkylation sites (N-methyl/N-ethyl adjacent to an activating group) is 1. The maximum absolute atomic E-state index is 12.0. The molecular formula is C16H22BrN3O4S. The normalized spacial score (nSPS) is 19.0. The standard InChI is InChI=1S/C16H22BrN3O4S/c1-11-7-12(17)3-4-14(11)19-15(21)8-18-16(22)9-20(2)13-5-6-25(23,24)10-13/h3-4,7,13H,5-6,8-10H2,1-2H3,(H,18,22)(H,19,21)/t13-/m0/s1. The van der Waals surface area contributed by atoms with Gasteiger partial charge in [0.25, 0.3) is 0 Å². The van der Waals surface area contributed by atoms with Crippen molar-refractivity contribution in [1.82, 2.24) is 10.2 Å². The SMILES string of the molecule is Cc1cc(Br)ccc1NC(=O)CNC(=O)CN(C)[C@H]1CCS(=O)(=O)C1. The topological polar surface area (TPSA) is 95.6 Å². The molecule has 9 heteroatoms. The van der Waals surface area contributed by atoms with Gasteiger partial charge < -0.3 is 10.6 Å². The summed E-state index contributed by atoms with van der Waals surface area (Å²) in [5.74, 6) is -0.377. The molecular weight excluding hydrogens is 410 g/mol. The lowest BCUT2D eigenvalue weighted by molar-refractivity contribution is -0.125.